The van der Waals surface area contributed by atoms with Gasteiger partial charge in [-0.1, -0.05) is 6.92 Å². The molecule has 3 heteroatoms. The van der Waals surface area contributed by atoms with Crippen molar-refractivity contribution in [1.82, 2.24) is 10.2 Å². The van der Waals surface area contributed by atoms with Crippen LogP contribution >= 0.6 is 0 Å². The minimum absolute atomic E-state index is 0.580. The molecular weight excluding hydrogens is 188 g/mol. The number of ether oxygens (including phenoxy) is 1. The molecule has 2 atom stereocenters. The summed E-state index contributed by atoms with van der Waals surface area (Å²) in [7, 11) is 2.17. The summed E-state index contributed by atoms with van der Waals surface area (Å²) in [6.07, 6.45) is 2.55. The Hall–Kier alpha value is -0.120. The van der Waals surface area contributed by atoms with Crippen molar-refractivity contribution in [3.8, 4) is 0 Å². The average molecular weight is 214 g/mol. The van der Waals surface area contributed by atoms with Gasteiger partial charge in [0.2, 0.25) is 0 Å². The number of likely N-dealkylation sites (N-methyl/N-ethyl adjacent to an activating group) is 1. The fourth-order valence-electron chi connectivity index (χ4n) is 2.00. The highest BCUT2D eigenvalue weighted by Crippen LogP contribution is 2.12. The third kappa shape index (κ3) is 5.50. The minimum atomic E-state index is 0.580. The molecule has 1 rings (SSSR count). The molecule has 0 amide bonds. The van der Waals surface area contributed by atoms with E-state index in [0.717, 1.165) is 38.8 Å². The second-order valence-corrected chi connectivity index (χ2v) is 4.75. The Morgan fingerprint density at radius 1 is 1.53 bits per heavy atom. The second-order valence-electron chi connectivity index (χ2n) is 4.75. The van der Waals surface area contributed by atoms with Crippen molar-refractivity contribution < 1.29 is 4.74 Å². The van der Waals surface area contributed by atoms with E-state index in [0.29, 0.717) is 6.04 Å². The van der Waals surface area contributed by atoms with Gasteiger partial charge in [0.15, 0.2) is 0 Å². The van der Waals surface area contributed by atoms with Crippen LogP contribution in [0.2, 0.25) is 0 Å². The van der Waals surface area contributed by atoms with Crippen molar-refractivity contribution in [1.29, 1.82) is 0 Å². The fourth-order valence-corrected chi connectivity index (χ4v) is 2.00. The van der Waals surface area contributed by atoms with Gasteiger partial charge in [-0.2, -0.15) is 0 Å². The van der Waals surface area contributed by atoms with Crippen LogP contribution in [0.1, 0.15) is 26.7 Å². The van der Waals surface area contributed by atoms with Crippen molar-refractivity contribution in [2.24, 2.45) is 5.92 Å². The highest BCUT2D eigenvalue weighted by molar-refractivity contribution is 4.70. The molecule has 1 heterocycles. The quantitative estimate of drug-likeness (QED) is 0.722. The Bertz CT molecular complexity index is 158. The Kier molecular flexibility index (Phi) is 6.22. The molecule has 0 aromatic rings. The number of nitrogens with zero attached hydrogens (tertiary/aromatic N) is 1. The van der Waals surface area contributed by atoms with Gasteiger partial charge in [-0.15, -0.1) is 0 Å². The lowest BCUT2D eigenvalue weighted by Gasteiger charge is -2.26. The van der Waals surface area contributed by atoms with Crippen molar-refractivity contribution in [3.63, 3.8) is 0 Å². The summed E-state index contributed by atoms with van der Waals surface area (Å²) < 4.78 is 5.47. The molecule has 0 saturated carbocycles. The first-order valence-electron chi connectivity index (χ1n) is 6.22. The summed E-state index contributed by atoms with van der Waals surface area (Å²) in [5.41, 5.74) is 0. The summed E-state index contributed by atoms with van der Waals surface area (Å²) in [6.45, 7) is 9.73. The first-order valence-corrected chi connectivity index (χ1v) is 6.22. The molecule has 0 radical (unpaired) electrons. The zero-order valence-corrected chi connectivity index (χ0v) is 10.5. The van der Waals surface area contributed by atoms with E-state index in [-0.39, 0.29) is 0 Å². The lowest BCUT2D eigenvalue weighted by Crippen LogP contribution is -2.40. The van der Waals surface area contributed by atoms with Gasteiger partial charge in [0.25, 0.3) is 0 Å². The summed E-state index contributed by atoms with van der Waals surface area (Å²) in [5.74, 6) is 0.730. The minimum Gasteiger partial charge on any atom is -0.381 e. The van der Waals surface area contributed by atoms with Gasteiger partial charge in [-0.3, -0.25) is 0 Å². The summed E-state index contributed by atoms with van der Waals surface area (Å²) in [6, 6.07) is 0.580. The van der Waals surface area contributed by atoms with E-state index in [1.807, 2.05) is 0 Å². The molecule has 3 nitrogen and oxygen atoms in total. The van der Waals surface area contributed by atoms with Gasteiger partial charge in [-0.05, 0) is 39.3 Å². The van der Waals surface area contributed by atoms with Crippen LogP contribution in [-0.4, -0.2) is 50.8 Å². The lowest BCUT2D eigenvalue weighted by atomic mass is 10.0. The van der Waals surface area contributed by atoms with Crippen LogP contribution in [0.4, 0.5) is 0 Å². The van der Waals surface area contributed by atoms with Crippen molar-refractivity contribution >= 4 is 0 Å². The molecule has 1 aliphatic rings. The third-order valence-electron chi connectivity index (χ3n) is 3.13. The molecule has 1 aliphatic heterocycles. The predicted octanol–water partition coefficient (Wildman–Crippen LogP) is 1.34. The lowest BCUT2D eigenvalue weighted by molar-refractivity contribution is 0.0536. The fraction of sp³-hybridized carbons (Fsp3) is 1.00. The predicted molar refractivity (Wildman–Crippen MR) is 64.2 cm³/mol. The Balaban J connectivity index is 2.07. The standard InChI is InChI=1S/C12H26N2O/c1-4-14(3)9-11(2)13-8-12-6-5-7-15-10-12/h11-13H,4-10H2,1-3H3. The number of hydrogen-bond acceptors (Lipinski definition) is 3. The smallest absolute Gasteiger partial charge is 0.0506 e. The molecule has 2 unspecified atom stereocenters. The van der Waals surface area contributed by atoms with Crippen LogP contribution in [0.3, 0.4) is 0 Å². The van der Waals surface area contributed by atoms with Gasteiger partial charge < -0.3 is 15.0 Å². The highest BCUT2D eigenvalue weighted by atomic mass is 16.5. The van der Waals surface area contributed by atoms with Crippen molar-refractivity contribution in [2.45, 2.75) is 32.7 Å². The summed E-state index contributed by atoms with van der Waals surface area (Å²) in [5, 5.41) is 3.60. The molecule has 0 aromatic carbocycles. The Morgan fingerprint density at radius 3 is 2.93 bits per heavy atom. The SMILES string of the molecule is CCN(C)CC(C)NCC1CCCOC1. The third-order valence-corrected chi connectivity index (χ3v) is 3.13. The van der Waals surface area contributed by atoms with Crippen LogP contribution in [0.5, 0.6) is 0 Å². The molecule has 1 saturated heterocycles. The second kappa shape index (κ2) is 7.20. The average Bonchev–Trinajstić information content (AvgIpc) is 2.27. The van der Waals surface area contributed by atoms with E-state index < -0.39 is 0 Å². The summed E-state index contributed by atoms with van der Waals surface area (Å²) in [4.78, 5) is 2.34. The van der Waals surface area contributed by atoms with Gasteiger partial charge in [0.05, 0.1) is 6.61 Å². The van der Waals surface area contributed by atoms with E-state index >= 15 is 0 Å². The highest BCUT2D eigenvalue weighted by Gasteiger charge is 2.14. The zero-order chi connectivity index (χ0) is 11.1. The molecule has 90 valence electrons. The van der Waals surface area contributed by atoms with Crippen LogP contribution < -0.4 is 5.32 Å². The van der Waals surface area contributed by atoms with Gasteiger partial charge in [0.1, 0.15) is 0 Å². The summed E-state index contributed by atoms with van der Waals surface area (Å²) >= 11 is 0. The van der Waals surface area contributed by atoms with E-state index in [2.05, 4.69) is 31.1 Å². The normalized spacial score (nSPS) is 24.4. The molecule has 15 heavy (non-hydrogen) atoms. The van der Waals surface area contributed by atoms with Crippen LogP contribution in [0.25, 0.3) is 0 Å². The zero-order valence-electron chi connectivity index (χ0n) is 10.5. The molecule has 0 bridgehead atoms. The van der Waals surface area contributed by atoms with Crippen LogP contribution in [0, 0.1) is 5.92 Å². The van der Waals surface area contributed by atoms with Gasteiger partial charge >= 0.3 is 0 Å². The van der Waals surface area contributed by atoms with E-state index in [9.17, 15) is 0 Å². The molecule has 0 aliphatic carbocycles. The molecule has 0 aromatic heterocycles. The Labute approximate surface area is 94.2 Å². The topological polar surface area (TPSA) is 24.5 Å². The molecular formula is C12H26N2O. The van der Waals surface area contributed by atoms with E-state index in [4.69, 9.17) is 4.74 Å². The molecule has 1 fully saturated rings. The number of hydrogen-bond donors (Lipinski definition) is 1. The largest absolute Gasteiger partial charge is 0.381 e. The van der Waals surface area contributed by atoms with Crippen molar-refractivity contribution in [2.75, 3.05) is 39.9 Å². The van der Waals surface area contributed by atoms with Gasteiger partial charge in [-0.25, -0.2) is 0 Å². The molecule has 1 N–H and O–H groups in total. The monoisotopic (exact) mass is 214 g/mol. The maximum Gasteiger partial charge on any atom is 0.0506 e. The first kappa shape index (κ1) is 12.9. The number of rotatable bonds is 6. The first-order chi connectivity index (χ1) is 7.22. The Morgan fingerprint density at radius 2 is 2.33 bits per heavy atom. The maximum absolute atomic E-state index is 5.47. The van der Waals surface area contributed by atoms with E-state index in [1.165, 1.54) is 12.8 Å². The van der Waals surface area contributed by atoms with Crippen LogP contribution in [0.15, 0.2) is 0 Å². The van der Waals surface area contributed by atoms with E-state index in [1.54, 1.807) is 0 Å². The maximum atomic E-state index is 5.47. The number of nitrogens with one attached hydrogen (secondary N) is 1. The van der Waals surface area contributed by atoms with Gasteiger partial charge in [0, 0.05) is 25.7 Å². The van der Waals surface area contributed by atoms with Crippen molar-refractivity contribution in [3.05, 3.63) is 0 Å². The van der Waals surface area contributed by atoms with Crippen LogP contribution in [-0.2, 0) is 4.74 Å². The molecule has 0 spiro atoms.